The highest BCUT2D eigenvalue weighted by molar-refractivity contribution is 7.26. The topological polar surface area (TPSA) is 51.6 Å². The molecule has 0 fully saturated rings. The third kappa shape index (κ3) is 3.06. The molecular formula is C27H18N4S. The van der Waals surface area contributed by atoms with Crippen LogP contribution in [0.15, 0.2) is 91.5 Å². The Balaban J connectivity index is 1.56. The Hall–Kier alpha value is -3.96. The number of pyridine rings is 1. The summed E-state index contributed by atoms with van der Waals surface area (Å²) in [7, 11) is 0. The van der Waals surface area contributed by atoms with Crippen molar-refractivity contribution in [2.45, 2.75) is 6.92 Å². The van der Waals surface area contributed by atoms with Crippen LogP contribution in [-0.4, -0.2) is 19.9 Å². The van der Waals surface area contributed by atoms with Crippen LogP contribution in [0.5, 0.6) is 0 Å². The quantitative estimate of drug-likeness (QED) is 0.305. The van der Waals surface area contributed by atoms with Gasteiger partial charge in [0.15, 0.2) is 11.6 Å². The summed E-state index contributed by atoms with van der Waals surface area (Å²) in [4.78, 5) is 18.3. The average molecular weight is 431 g/mol. The SMILES string of the molecule is Cc1cccc2c1sc1cccc(-c3ncnc(-c4ccccc4-c4cccnc4)n3)c12. The molecule has 3 heterocycles. The Bertz CT molecular complexity index is 1590. The van der Waals surface area contributed by atoms with Gasteiger partial charge in [-0.05, 0) is 30.2 Å². The molecule has 6 aromatic rings. The van der Waals surface area contributed by atoms with Crippen molar-refractivity contribution in [1.82, 2.24) is 19.9 Å². The molecule has 6 rings (SSSR count). The first kappa shape index (κ1) is 18.8. The summed E-state index contributed by atoms with van der Waals surface area (Å²) in [6, 6.07) is 25.0. The molecule has 0 unspecified atom stereocenters. The van der Waals surface area contributed by atoms with Gasteiger partial charge >= 0.3 is 0 Å². The van der Waals surface area contributed by atoms with E-state index in [2.05, 4.69) is 70.4 Å². The zero-order chi connectivity index (χ0) is 21.5. The molecule has 0 atom stereocenters. The maximum Gasteiger partial charge on any atom is 0.164 e. The number of aryl methyl sites for hydroxylation is 1. The zero-order valence-corrected chi connectivity index (χ0v) is 18.2. The van der Waals surface area contributed by atoms with Crippen LogP contribution in [0.1, 0.15) is 5.56 Å². The van der Waals surface area contributed by atoms with Gasteiger partial charge in [-0.25, -0.2) is 15.0 Å². The summed E-state index contributed by atoms with van der Waals surface area (Å²) in [6.07, 6.45) is 5.25. The van der Waals surface area contributed by atoms with Crippen molar-refractivity contribution in [2.24, 2.45) is 0 Å². The number of thiophene rings is 1. The molecule has 0 spiro atoms. The number of fused-ring (bicyclic) bond motifs is 3. The van der Waals surface area contributed by atoms with Gasteiger partial charge in [-0.3, -0.25) is 4.98 Å². The largest absolute Gasteiger partial charge is 0.264 e. The summed E-state index contributed by atoms with van der Waals surface area (Å²) in [5.41, 5.74) is 5.36. The predicted octanol–water partition coefficient (Wildman–Crippen LogP) is 6.94. The van der Waals surface area contributed by atoms with E-state index in [1.165, 1.54) is 25.7 Å². The highest BCUT2D eigenvalue weighted by atomic mass is 32.1. The van der Waals surface area contributed by atoms with Crippen molar-refractivity contribution >= 4 is 31.5 Å². The van der Waals surface area contributed by atoms with Crippen molar-refractivity contribution in [1.29, 1.82) is 0 Å². The molecule has 0 aliphatic rings. The van der Waals surface area contributed by atoms with E-state index in [4.69, 9.17) is 4.98 Å². The van der Waals surface area contributed by atoms with Crippen LogP contribution in [0.2, 0.25) is 0 Å². The maximum atomic E-state index is 4.92. The molecule has 0 N–H and O–H groups in total. The van der Waals surface area contributed by atoms with Gasteiger partial charge in [0.1, 0.15) is 6.33 Å². The molecular weight excluding hydrogens is 412 g/mol. The van der Waals surface area contributed by atoms with E-state index in [0.29, 0.717) is 11.6 Å². The molecule has 0 saturated carbocycles. The molecule has 0 amide bonds. The van der Waals surface area contributed by atoms with E-state index in [9.17, 15) is 0 Å². The van der Waals surface area contributed by atoms with Crippen molar-refractivity contribution in [2.75, 3.05) is 0 Å². The van der Waals surface area contributed by atoms with Crippen molar-refractivity contribution in [3.05, 3.63) is 97.1 Å². The minimum absolute atomic E-state index is 0.655. The van der Waals surface area contributed by atoms with Crippen LogP contribution in [-0.2, 0) is 0 Å². The van der Waals surface area contributed by atoms with Crippen LogP contribution in [0.25, 0.3) is 54.1 Å². The lowest BCUT2D eigenvalue weighted by molar-refractivity contribution is 1.07. The number of rotatable bonds is 3. The van der Waals surface area contributed by atoms with Gasteiger partial charge in [-0.2, -0.15) is 0 Å². The molecule has 32 heavy (non-hydrogen) atoms. The number of hydrogen-bond donors (Lipinski definition) is 0. The second kappa shape index (κ2) is 7.62. The summed E-state index contributed by atoms with van der Waals surface area (Å²) in [6.45, 7) is 2.16. The van der Waals surface area contributed by atoms with Crippen LogP contribution < -0.4 is 0 Å². The Morgan fingerprint density at radius 3 is 2.34 bits per heavy atom. The summed E-state index contributed by atoms with van der Waals surface area (Å²) in [5, 5.41) is 2.45. The third-order valence-corrected chi connectivity index (χ3v) is 6.98. The fraction of sp³-hybridized carbons (Fsp3) is 0.0370. The van der Waals surface area contributed by atoms with E-state index < -0.39 is 0 Å². The first-order valence-electron chi connectivity index (χ1n) is 10.4. The molecule has 3 aromatic heterocycles. The highest BCUT2D eigenvalue weighted by Gasteiger charge is 2.16. The first-order valence-corrected chi connectivity index (χ1v) is 11.2. The van der Waals surface area contributed by atoms with E-state index in [1.54, 1.807) is 12.5 Å². The lowest BCUT2D eigenvalue weighted by Gasteiger charge is -2.09. The van der Waals surface area contributed by atoms with E-state index in [0.717, 1.165) is 22.3 Å². The lowest BCUT2D eigenvalue weighted by Crippen LogP contribution is -1.97. The highest BCUT2D eigenvalue weighted by Crippen LogP contribution is 2.40. The molecule has 0 saturated heterocycles. The van der Waals surface area contributed by atoms with Crippen molar-refractivity contribution in [3.8, 4) is 33.9 Å². The Morgan fingerprint density at radius 2 is 1.50 bits per heavy atom. The average Bonchev–Trinajstić information content (AvgIpc) is 3.25. The maximum absolute atomic E-state index is 4.92. The van der Waals surface area contributed by atoms with Crippen LogP contribution in [0.4, 0.5) is 0 Å². The van der Waals surface area contributed by atoms with Crippen LogP contribution in [0.3, 0.4) is 0 Å². The van der Waals surface area contributed by atoms with Gasteiger partial charge in [0.05, 0.1) is 0 Å². The lowest BCUT2D eigenvalue weighted by atomic mass is 10.0. The van der Waals surface area contributed by atoms with Gasteiger partial charge in [-0.1, -0.05) is 60.7 Å². The third-order valence-electron chi connectivity index (χ3n) is 5.67. The zero-order valence-electron chi connectivity index (χ0n) is 17.4. The second-order valence-electron chi connectivity index (χ2n) is 7.65. The summed E-state index contributed by atoms with van der Waals surface area (Å²) >= 11 is 1.82. The molecule has 0 bridgehead atoms. The summed E-state index contributed by atoms with van der Waals surface area (Å²) < 4.78 is 2.55. The molecule has 3 aromatic carbocycles. The Kier molecular flexibility index (Phi) is 4.47. The normalized spacial score (nSPS) is 11.3. The van der Waals surface area contributed by atoms with Gasteiger partial charge in [0.25, 0.3) is 0 Å². The van der Waals surface area contributed by atoms with Crippen molar-refractivity contribution < 1.29 is 0 Å². The minimum Gasteiger partial charge on any atom is -0.264 e. The van der Waals surface area contributed by atoms with E-state index in [-0.39, 0.29) is 0 Å². The predicted molar refractivity (Wildman–Crippen MR) is 132 cm³/mol. The Morgan fingerprint density at radius 1 is 0.719 bits per heavy atom. The Labute approximate surface area is 189 Å². The van der Waals surface area contributed by atoms with E-state index in [1.807, 2.05) is 41.8 Å². The number of nitrogens with zero attached hydrogens (tertiary/aromatic N) is 4. The van der Waals surface area contributed by atoms with Gasteiger partial charge in [0, 0.05) is 49.3 Å². The van der Waals surface area contributed by atoms with Crippen LogP contribution >= 0.6 is 11.3 Å². The number of aromatic nitrogens is 4. The molecule has 152 valence electrons. The number of hydrogen-bond acceptors (Lipinski definition) is 5. The first-order chi connectivity index (χ1) is 15.8. The molecule has 0 aliphatic heterocycles. The monoisotopic (exact) mass is 430 g/mol. The fourth-order valence-electron chi connectivity index (χ4n) is 4.18. The van der Waals surface area contributed by atoms with Gasteiger partial charge in [0.2, 0.25) is 0 Å². The van der Waals surface area contributed by atoms with Gasteiger partial charge < -0.3 is 0 Å². The standard InChI is InChI=1S/C27H18N4S/c1-17-7-4-11-21-24-22(12-5-13-23(24)32-25(17)21)27-30-16-29-26(31-27)20-10-3-2-9-19(20)18-8-6-14-28-15-18/h2-16H,1H3. The fourth-order valence-corrected chi connectivity index (χ4v) is 5.38. The molecule has 5 heteroatoms. The van der Waals surface area contributed by atoms with Gasteiger partial charge in [-0.15, -0.1) is 11.3 Å². The molecule has 4 nitrogen and oxygen atoms in total. The minimum atomic E-state index is 0.655. The smallest absolute Gasteiger partial charge is 0.164 e. The second-order valence-corrected chi connectivity index (χ2v) is 8.70. The van der Waals surface area contributed by atoms with E-state index >= 15 is 0 Å². The molecule has 0 aliphatic carbocycles. The van der Waals surface area contributed by atoms with Crippen molar-refractivity contribution in [3.63, 3.8) is 0 Å². The number of benzene rings is 3. The molecule has 0 radical (unpaired) electrons. The van der Waals surface area contributed by atoms with Crippen LogP contribution in [0, 0.1) is 6.92 Å². The summed E-state index contributed by atoms with van der Waals surface area (Å²) in [5.74, 6) is 1.34.